The number of rotatable bonds is 3. The maximum absolute atomic E-state index is 12.8. The molecule has 0 saturated carbocycles. The molecule has 2 aromatic rings. The molecule has 4 rings (SSSR count). The number of benzene rings is 1. The lowest BCUT2D eigenvalue weighted by molar-refractivity contribution is 0.00694. The topological polar surface area (TPSA) is 72.0 Å². The van der Waals surface area contributed by atoms with Crippen molar-refractivity contribution < 1.29 is 19.1 Å². The molecule has 0 atom stereocenters. The SMILES string of the molecule is CC(C)(C)OC(=O)c1ccc(N2CCOc3cc(C(=O)N4CCCCC4)cnc32)cc1. The van der Waals surface area contributed by atoms with Crippen LogP contribution in [-0.2, 0) is 4.74 Å². The molecule has 7 nitrogen and oxygen atoms in total. The zero-order valence-corrected chi connectivity index (χ0v) is 18.4. The van der Waals surface area contributed by atoms with Crippen LogP contribution in [0.2, 0.25) is 0 Å². The van der Waals surface area contributed by atoms with Gasteiger partial charge in [0.2, 0.25) is 0 Å². The van der Waals surface area contributed by atoms with Crippen molar-refractivity contribution in [2.45, 2.75) is 45.6 Å². The fourth-order valence-electron chi connectivity index (χ4n) is 3.86. The first kappa shape index (κ1) is 21.2. The number of carbonyl (C=O) groups is 2. The second-order valence-corrected chi connectivity index (χ2v) is 8.95. The predicted molar refractivity (Wildman–Crippen MR) is 118 cm³/mol. The Morgan fingerprint density at radius 1 is 1.00 bits per heavy atom. The lowest BCUT2D eigenvalue weighted by Gasteiger charge is -2.31. The number of likely N-dealkylation sites (tertiary alicyclic amines) is 1. The Morgan fingerprint density at radius 2 is 1.71 bits per heavy atom. The molecule has 1 aromatic carbocycles. The molecule has 2 aliphatic rings. The van der Waals surface area contributed by atoms with Gasteiger partial charge in [0.15, 0.2) is 11.6 Å². The number of ether oxygens (including phenoxy) is 2. The van der Waals surface area contributed by atoms with E-state index in [0.29, 0.717) is 35.8 Å². The first-order valence-electron chi connectivity index (χ1n) is 10.8. The molecule has 3 heterocycles. The van der Waals surface area contributed by atoms with Gasteiger partial charge in [-0.3, -0.25) is 4.79 Å². The summed E-state index contributed by atoms with van der Waals surface area (Å²) in [5.41, 5.74) is 1.43. The molecule has 1 saturated heterocycles. The van der Waals surface area contributed by atoms with Crippen molar-refractivity contribution in [2.75, 3.05) is 31.1 Å². The van der Waals surface area contributed by atoms with Crippen molar-refractivity contribution >= 4 is 23.4 Å². The second-order valence-electron chi connectivity index (χ2n) is 8.95. The van der Waals surface area contributed by atoms with Crippen LogP contribution in [-0.4, -0.2) is 53.6 Å². The summed E-state index contributed by atoms with van der Waals surface area (Å²) in [5.74, 6) is 0.939. The third-order valence-corrected chi connectivity index (χ3v) is 5.36. The van der Waals surface area contributed by atoms with Crippen LogP contribution in [0.4, 0.5) is 11.5 Å². The summed E-state index contributed by atoms with van der Waals surface area (Å²) < 4.78 is 11.3. The van der Waals surface area contributed by atoms with Crippen LogP contribution < -0.4 is 9.64 Å². The van der Waals surface area contributed by atoms with Crippen LogP contribution >= 0.6 is 0 Å². The highest BCUT2D eigenvalue weighted by Gasteiger charge is 2.25. The summed E-state index contributed by atoms with van der Waals surface area (Å²) in [4.78, 5) is 33.6. The van der Waals surface area contributed by atoms with Crippen molar-refractivity contribution in [3.63, 3.8) is 0 Å². The van der Waals surface area contributed by atoms with Gasteiger partial charge in [0.25, 0.3) is 5.91 Å². The maximum atomic E-state index is 12.8. The van der Waals surface area contributed by atoms with Crippen LogP contribution in [0.25, 0.3) is 0 Å². The quantitative estimate of drug-likeness (QED) is 0.689. The van der Waals surface area contributed by atoms with Gasteiger partial charge < -0.3 is 19.3 Å². The van der Waals surface area contributed by atoms with E-state index < -0.39 is 5.60 Å². The highest BCUT2D eigenvalue weighted by atomic mass is 16.6. The summed E-state index contributed by atoms with van der Waals surface area (Å²) in [5, 5.41) is 0. The molecular formula is C24H29N3O4. The number of amides is 1. The number of hydrogen-bond acceptors (Lipinski definition) is 6. The number of aromatic nitrogens is 1. The summed E-state index contributed by atoms with van der Waals surface area (Å²) in [6.07, 6.45) is 4.91. The van der Waals surface area contributed by atoms with Crippen LogP contribution in [0.1, 0.15) is 60.7 Å². The van der Waals surface area contributed by atoms with Crippen molar-refractivity contribution in [3.8, 4) is 5.75 Å². The molecule has 1 amide bonds. The second kappa shape index (κ2) is 8.57. The average molecular weight is 424 g/mol. The minimum absolute atomic E-state index is 0.0115. The van der Waals surface area contributed by atoms with E-state index in [1.807, 2.05) is 42.7 Å². The largest absolute Gasteiger partial charge is 0.488 e. The van der Waals surface area contributed by atoms with E-state index in [1.54, 1.807) is 24.4 Å². The van der Waals surface area contributed by atoms with Crippen molar-refractivity contribution in [2.24, 2.45) is 0 Å². The minimum atomic E-state index is -0.536. The van der Waals surface area contributed by atoms with Gasteiger partial charge in [0.05, 0.1) is 17.7 Å². The number of anilines is 2. The molecule has 31 heavy (non-hydrogen) atoms. The number of hydrogen-bond donors (Lipinski definition) is 0. The number of pyridine rings is 1. The molecule has 2 aliphatic heterocycles. The molecule has 0 bridgehead atoms. The smallest absolute Gasteiger partial charge is 0.338 e. The fourth-order valence-corrected chi connectivity index (χ4v) is 3.86. The Labute approximate surface area is 183 Å². The third-order valence-electron chi connectivity index (χ3n) is 5.36. The zero-order valence-electron chi connectivity index (χ0n) is 18.4. The van der Waals surface area contributed by atoms with Gasteiger partial charge in [-0.25, -0.2) is 9.78 Å². The van der Waals surface area contributed by atoms with E-state index in [0.717, 1.165) is 31.6 Å². The minimum Gasteiger partial charge on any atom is -0.488 e. The molecule has 1 aromatic heterocycles. The van der Waals surface area contributed by atoms with Crippen molar-refractivity contribution in [3.05, 3.63) is 47.7 Å². The summed E-state index contributed by atoms with van der Waals surface area (Å²) in [6, 6.07) is 9.06. The van der Waals surface area contributed by atoms with Gasteiger partial charge in [0, 0.05) is 25.0 Å². The summed E-state index contributed by atoms with van der Waals surface area (Å²) in [6.45, 7) is 8.26. The fraction of sp³-hybridized carbons (Fsp3) is 0.458. The predicted octanol–water partition coefficient (Wildman–Crippen LogP) is 4.19. The van der Waals surface area contributed by atoms with Crippen molar-refractivity contribution in [1.82, 2.24) is 9.88 Å². The molecule has 1 fully saturated rings. The summed E-state index contributed by atoms with van der Waals surface area (Å²) >= 11 is 0. The Bertz CT molecular complexity index is 960. The Hall–Kier alpha value is -3.09. The number of nitrogens with zero attached hydrogens (tertiary/aromatic N) is 3. The first-order valence-corrected chi connectivity index (χ1v) is 10.8. The lowest BCUT2D eigenvalue weighted by Crippen LogP contribution is -2.36. The third kappa shape index (κ3) is 4.81. The van der Waals surface area contributed by atoms with Gasteiger partial charge in [-0.15, -0.1) is 0 Å². The Kier molecular flexibility index (Phi) is 5.85. The van der Waals surface area contributed by atoms with Crippen LogP contribution in [0.3, 0.4) is 0 Å². The van der Waals surface area contributed by atoms with Gasteiger partial charge in [0.1, 0.15) is 12.2 Å². The number of carbonyl (C=O) groups excluding carboxylic acids is 2. The highest BCUT2D eigenvalue weighted by Crippen LogP contribution is 2.35. The monoisotopic (exact) mass is 423 g/mol. The van der Waals surface area contributed by atoms with Gasteiger partial charge in [-0.2, -0.15) is 0 Å². The van der Waals surface area contributed by atoms with Crippen molar-refractivity contribution in [1.29, 1.82) is 0 Å². The molecule has 0 spiro atoms. The normalized spacial score (nSPS) is 16.4. The standard InChI is InChI=1S/C24H29N3O4/c1-24(2,3)31-23(29)17-7-9-19(10-8-17)27-13-14-30-20-15-18(16-25-21(20)27)22(28)26-11-5-4-6-12-26/h7-10,15-16H,4-6,11-14H2,1-3H3. The van der Waals surface area contributed by atoms with Crippen LogP contribution in [0.15, 0.2) is 36.5 Å². The lowest BCUT2D eigenvalue weighted by atomic mass is 10.1. The molecule has 0 N–H and O–H groups in total. The van der Waals surface area contributed by atoms with Gasteiger partial charge in [-0.05, 0) is 70.4 Å². The number of esters is 1. The van der Waals surface area contributed by atoms with E-state index in [1.165, 1.54) is 6.42 Å². The van der Waals surface area contributed by atoms with E-state index in [4.69, 9.17) is 9.47 Å². The number of fused-ring (bicyclic) bond motifs is 1. The maximum Gasteiger partial charge on any atom is 0.338 e. The Morgan fingerprint density at radius 3 is 2.39 bits per heavy atom. The molecule has 0 aliphatic carbocycles. The van der Waals surface area contributed by atoms with E-state index >= 15 is 0 Å². The average Bonchev–Trinajstić information content (AvgIpc) is 2.77. The summed E-state index contributed by atoms with van der Waals surface area (Å²) in [7, 11) is 0. The van der Waals surface area contributed by atoms with Gasteiger partial charge in [-0.1, -0.05) is 0 Å². The van der Waals surface area contributed by atoms with E-state index in [9.17, 15) is 9.59 Å². The Balaban J connectivity index is 1.53. The zero-order chi connectivity index (χ0) is 22.0. The van der Waals surface area contributed by atoms with Gasteiger partial charge >= 0.3 is 5.97 Å². The number of piperidine rings is 1. The molecule has 0 radical (unpaired) electrons. The molecule has 0 unspecified atom stereocenters. The highest BCUT2D eigenvalue weighted by molar-refractivity contribution is 5.95. The van der Waals surface area contributed by atoms with E-state index in [2.05, 4.69) is 4.98 Å². The molecule has 7 heteroatoms. The van der Waals surface area contributed by atoms with Crippen LogP contribution in [0.5, 0.6) is 5.75 Å². The molecular weight excluding hydrogens is 394 g/mol. The van der Waals surface area contributed by atoms with E-state index in [-0.39, 0.29) is 11.9 Å². The molecule has 164 valence electrons. The van der Waals surface area contributed by atoms with Crippen LogP contribution in [0, 0.1) is 0 Å². The first-order chi connectivity index (χ1) is 14.8.